The predicted molar refractivity (Wildman–Crippen MR) is 81.2 cm³/mol. The third-order valence-electron chi connectivity index (χ3n) is 4.13. The van der Waals surface area contributed by atoms with Gasteiger partial charge in [0.15, 0.2) is 0 Å². The largest absolute Gasteiger partial charge is 0.384 e. The fraction of sp³-hybridized carbons (Fsp3) is 0.533. The minimum absolute atomic E-state index is 0.00248. The molecule has 1 amide bonds. The summed E-state index contributed by atoms with van der Waals surface area (Å²) in [6.07, 6.45) is 2.48. The average Bonchev–Trinajstić information content (AvgIpc) is 2.49. The van der Waals surface area contributed by atoms with Crippen molar-refractivity contribution in [2.24, 2.45) is 5.92 Å². The molecule has 1 fully saturated rings. The summed E-state index contributed by atoms with van der Waals surface area (Å²) in [4.78, 5) is 12.3. The van der Waals surface area contributed by atoms with Gasteiger partial charge >= 0.3 is 0 Å². The topological polar surface area (TPSA) is 58.2 Å². The van der Waals surface area contributed by atoms with E-state index in [2.05, 4.69) is 22.8 Å². The Kier molecular flexibility index (Phi) is 4.05. The van der Waals surface area contributed by atoms with Crippen molar-refractivity contribution in [2.75, 3.05) is 23.4 Å². The van der Waals surface area contributed by atoms with Gasteiger partial charge in [0.1, 0.15) is 0 Å². The van der Waals surface area contributed by atoms with Crippen LogP contribution in [0.1, 0.15) is 18.4 Å². The van der Waals surface area contributed by atoms with E-state index >= 15 is 0 Å². The van der Waals surface area contributed by atoms with Gasteiger partial charge in [-0.2, -0.15) is 0 Å². The van der Waals surface area contributed by atoms with E-state index in [9.17, 15) is 9.00 Å². The maximum Gasteiger partial charge on any atom is 0.225 e. The van der Waals surface area contributed by atoms with Crippen LogP contribution in [0.15, 0.2) is 24.3 Å². The molecule has 3 rings (SSSR count). The number of anilines is 1. The maximum atomic E-state index is 12.3. The number of benzene rings is 1. The molecule has 2 aliphatic heterocycles. The summed E-state index contributed by atoms with van der Waals surface area (Å²) in [5.41, 5.74) is 2.35. The molecule has 0 bridgehead atoms. The van der Waals surface area contributed by atoms with E-state index in [0.717, 1.165) is 36.5 Å². The highest BCUT2D eigenvalue weighted by Crippen LogP contribution is 2.24. The summed E-state index contributed by atoms with van der Waals surface area (Å²) in [7, 11) is -0.674. The summed E-state index contributed by atoms with van der Waals surface area (Å²) < 4.78 is 11.3. The van der Waals surface area contributed by atoms with Crippen LogP contribution in [0, 0.1) is 5.92 Å². The Bertz CT molecular complexity index is 522. The van der Waals surface area contributed by atoms with Crippen LogP contribution in [0.4, 0.5) is 5.69 Å². The third kappa shape index (κ3) is 3.03. The van der Waals surface area contributed by atoms with Crippen LogP contribution in [-0.4, -0.2) is 34.2 Å². The monoisotopic (exact) mass is 292 g/mol. The summed E-state index contributed by atoms with van der Waals surface area (Å²) in [6.45, 7) is 0.696. The Balaban J connectivity index is 1.57. The van der Waals surface area contributed by atoms with Crippen LogP contribution in [0.25, 0.3) is 0 Å². The zero-order chi connectivity index (χ0) is 13.9. The van der Waals surface area contributed by atoms with E-state index in [1.165, 1.54) is 5.56 Å². The van der Waals surface area contributed by atoms with E-state index in [-0.39, 0.29) is 17.9 Å². The number of hydrogen-bond acceptors (Lipinski definition) is 3. The molecule has 1 unspecified atom stereocenters. The molecular formula is C15H20N2O2S. The van der Waals surface area contributed by atoms with Crippen LogP contribution < -0.4 is 10.6 Å². The molecule has 0 spiro atoms. The van der Waals surface area contributed by atoms with Crippen molar-refractivity contribution >= 4 is 22.4 Å². The molecule has 2 aliphatic rings. The number of amides is 1. The maximum absolute atomic E-state index is 12.3. The highest BCUT2D eigenvalue weighted by molar-refractivity contribution is 7.85. The molecule has 108 valence electrons. The number of rotatable bonds is 2. The fourth-order valence-electron chi connectivity index (χ4n) is 2.88. The number of carbonyl (C=O) groups excluding carboxylic acids is 1. The minimum atomic E-state index is -0.674. The van der Waals surface area contributed by atoms with E-state index in [1.54, 1.807) is 0 Å². The van der Waals surface area contributed by atoms with Gasteiger partial charge in [0.05, 0.1) is 5.92 Å². The van der Waals surface area contributed by atoms with Gasteiger partial charge < -0.3 is 10.6 Å². The van der Waals surface area contributed by atoms with Crippen molar-refractivity contribution in [3.63, 3.8) is 0 Å². The highest BCUT2D eigenvalue weighted by atomic mass is 32.2. The summed E-state index contributed by atoms with van der Waals surface area (Å²) in [6, 6.07) is 8.36. The van der Waals surface area contributed by atoms with Crippen molar-refractivity contribution in [1.82, 2.24) is 5.32 Å². The van der Waals surface area contributed by atoms with E-state index in [1.807, 2.05) is 12.1 Å². The van der Waals surface area contributed by atoms with Crippen molar-refractivity contribution in [1.29, 1.82) is 0 Å². The Labute approximate surface area is 121 Å². The molecule has 1 saturated heterocycles. The fourth-order valence-corrected chi connectivity index (χ4v) is 4.18. The molecule has 0 aliphatic carbocycles. The van der Waals surface area contributed by atoms with Gasteiger partial charge in [-0.25, -0.2) is 0 Å². The minimum Gasteiger partial charge on any atom is -0.384 e. The summed E-state index contributed by atoms with van der Waals surface area (Å²) in [5.74, 6) is 1.56. The number of hydrogen-bond donors (Lipinski definition) is 2. The second-order valence-corrected chi connectivity index (χ2v) is 7.27. The van der Waals surface area contributed by atoms with Crippen molar-refractivity contribution in [3.05, 3.63) is 29.8 Å². The lowest BCUT2D eigenvalue weighted by Crippen LogP contribution is -2.45. The lowest BCUT2D eigenvalue weighted by molar-refractivity contribution is -0.125. The van der Waals surface area contributed by atoms with Gasteiger partial charge in [0, 0.05) is 40.6 Å². The lowest BCUT2D eigenvalue weighted by atomic mass is 9.93. The quantitative estimate of drug-likeness (QED) is 0.864. The molecule has 1 aromatic carbocycles. The third-order valence-corrected chi connectivity index (χ3v) is 5.51. The van der Waals surface area contributed by atoms with Gasteiger partial charge in [-0.1, -0.05) is 18.2 Å². The van der Waals surface area contributed by atoms with Gasteiger partial charge in [-0.15, -0.1) is 0 Å². The molecular weight excluding hydrogens is 272 g/mol. The molecule has 0 radical (unpaired) electrons. The number of para-hydroxylation sites is 1. The first-order chi connectivity index (χ1) is 9.72. The highest BCUT2D eigenvalue weighted by Gasteiger charge is 2.27. The van der Waals surface area contributed by atoms with Gasteiger partial charge in [0.25, 0.3) is 0 Å². The molecule has 2 N–H and O–H groups in total. The van der Waals surface area contributed by atoms with Gasteiger partial charge in [-0.05, 0) is 30.9 Å². The molecule has 5 heteroatoms. The zero-order valence-electron chi connectivity index (χ0n) is 11.4. The second kappa shape index (κ2) is 5.95. The number of nitrogens with one attached hydrogen (secondary N) is 2. The van der Waals surface area contributed by atoms with Crippen LogP contribution in [0.5, 0.6) is 0 Å². The van der Waals surface area contributed by atoms with E-state index < -0.39 is 10.8 Å². The number of fused-ring (bicyclic) bond motifs is 1. The molecule has 0 saturated carbocycles. The normalized spacial score (nSPS) is 29.1. The average molecular weight is 292 g/mol. The van der Waals surface area contributed by atoms with Crippen LogP contribution >= 0.6 is 0 Å². The smallest absolute Gasteiger partial charge is 0.225 e. The first kappa shape index (κ1) is 13.6. The Morgan fingerprint density at radius 3 is 2.80 bits per heavy atom. The van der Waals surface area contributed by atoms with E-state index in [4.69, 9.17) is 0 Å². The molecule has 1 aromatic rings. The Morgan fingerprint density at radius 1 is 1.25 bits per heavy atom. The standard InChI is InChI=1S/C15H20N2O2S/c18-15(17-13-5-7-20(19)8-6-13)12-9-11-3-1-2-4-14(11)16-10-12/h1-4,12-13,16H,5-10H2,(H,17,18). The number of carbonyl (C=O) groups is 1. The SMILES string of the molecule is O=C(NC1CCS(=O)CC1)C1CNc2ccccc2C1. The lowest BCUT2D eigenvalue weighted by Gasteiger charge is -2.28. The molecule has 20 heavy (non-hydrogen) atoms. The second-order valence-electron chi connectivity index (χ2n) is 5.57. The molecule has 1 atom stereocenters. The molecule has 2 heterocycles. The van der Waals surface area contributed by atoms with Crippen molar-refractivity contribution in [3.8, 4) is 0 Å². The first-order valence-electron chi connectivity index (χ1n) is 7.19. The van der Waals surface area contributed by atoms with E-state index in [0.29, 0.717) is 6.54 Å². The predicted octanol–water partition coefficient (Wildman–Crippen LogP) is 1.30. The zero-order valence-corrected chi connectivity index (χ0v) is 12.2. The summed E-state index contributed by atoms with van der Waals surface area (Å²) in [5, 5.41) is 6.45. The van der Waals surface area contributed by atoms with Crippen LogP contribution in [-0.2, 0) is 22.0 Å². The molecule has 0 aromatic heterocycles. The Hall–Kier alpha value is -1.36. The Morgan fingerprint density at radius 2 is 2.00 bits per heavy atom. The molecule has 4 nitrogen and oxygen atoms in total. The first-order valence-corrected chi connectivity index (χ1v) is 8.68. The van der Waals surface area contributed by atoms with Crippen LogP contribution in [0.3, 0.4) is 0 Å². The van der Waals surface area contributed by atoms with Gasteiger partial charge in [0.2, 0.25) is 5.91 Å². The van der Waals surface area contributed by atoms with Crippen LogP contribution in [0.2, 0.25) is 0 Å². The summed E-state index contributed by atoms with van der Waals surface area (Å²) >= 11 is 0. The van der Waals surface area contributed by atoms with Crippen molar-refractivity contribution < 1.29 is 9.00 Å². The van der Waals surface area contributed by atoms with Gasteiger partial charge in [-0.3, -0.25) is 9.00 Å². The van der Waals surface area contributed by atoms with Crippen molar-refractivity contribution in [2.45, 2.75) is 25.3 Å².